The fraction of sp³-hybridized carbons (Fsp3) is 0.278. The number of carbonyl (C=O) groups excluding carboxylic acids is 1. The van der Waals surface area contributed by atoms with Crippen LogP contribution in [0.2, 0.25) is 0 Å². The molecule has 1 saturated carbocycles. The van der Waals surface area contributed by atoms with E-state index in [9.17, 15) is 9.18 Å². The summed E-state index contributed by atoms with van der Waals surface area (Å²) in [6, 6.07) is 7.29. The third-order valence-electron chi connectivity index (χ3n) is 4.39. The van der Waals surface area contributed by atoms with Crippen molar-refractivity contribution in [3.63, 3.8) is 0 Å². The van der Waals surface area contributed by atoms with Crippen LogP contribution in [0.4, 0.5) is 10.1 Å². The number of aryl methyl sites for hydroxylation is 1. The summed E-state index contributed by atoms with van der Waals surface area (Å²) in [6.07, 6.45) is 3.41. The number of hydrogen-bond donors (Lipinski definition) is 1. The number of halogens is 1. The zero-order valence-electron chi connectivity index (χ0n) is 13.6. The summed E-state index contributed by atoms with van der Waals surface area (Å²) in [5.74, 6) is 0.988. The predicted octanol–water partition coefficient (Wildman–Crippen LogP) is 4.77. The number of nitrogens with zero attached hydrogens (tertiary/aromatic N) is 2. The Balaban J connectivity index is 1.52. The maximum Gasteiger partial charge on any atom is 0.255 e. The maximum absolute atomic E-state index is 13.0. The molecule has 1 amide bonds. The first-order chi connectivity index (χ1) is 12.1. The predicted molar refractivity (Wildman–Crippen MR) is 93.3 cm³/mol. The molecule has 0 radical (unpaired) electrons. The van der Waals surface area contributed by atoms with E-state index in [1.54, 1.807) is 0 Å². The standard InChI is InChI=1S/C18H16FN3O2S/c1-10-14(20-17(23)11-5-7-13(19)8-6-11)9-15(25-10)16-21-18(24-22-16)12-3-2-4-12/h5-9,12H,2-4H2,1H3,(H,20,23). The van der Waals surface area contributed by atoms with Crippen LogP contribution in [0.5, 0.6) is 0 Å². The fourth-order valence-corrected chi connectivity index (χ4v) is 3.57. The van der Waals surface area contributed by atoms with Gasteiger partial charge in [0, 0.05) is 16.4 Å². The van der Waals surface area contributed by atoms with Gasteiger partial charge in [0.1, 0.15) is 5.82 Å². The summed E-state index contributed by atoms with van der Waals surface area (Å²) in [7, 11) is 0. The average Bonchev–Trinajstić information content (AvgIpc) is 3.14. The Morgan fingerprint density at radius 1 is 1.32 bits per heavy atom. The summed E-state index contributed by atoms with van der Waals surface area (Å²) in [6.45, 7) is 1.92. The van der Waals surface area contributed by atoms with Gasteiger partial charge in [-0.1, -0.05) is 11.6 Å². The molecule has 1 aliphatic rings. The van der Waals surface area contributed by atoms with Gasteiger partial charge < -0.3 is 9.84 Å². The number of carbonyl (C=O) groups is 1. The summed E-state index contributed by atoms with van der Waals surface area (Å²) in [5, 5.41) is 6.91. The van der Waals surface area contributed by atoms with E-state index in [-0.39, 0.29) is 11.7 Å². The molecule has 0 saturated heterocycles. The number of rotatable bonds is 4. The molecule has 1 aromatic carbocycles. The van der Waals surface area contributed by atoms with E-state index in [1.807, 2.05) is 13.0 Å². The van der Waals surface area contributed by atoms with Gasteiger partial charge in [0.05, 0.1) is 10.6 Å². The fourth-order valence-electron chi connectivity index (χ4n) is 2.67. The second kappa shape index (κ2) is 6.40. The molecular formula is C18H16FN3O2S. The molecule has 0 unspecified atom stereocenters. The van der Waals surface area contributed by atoms with Gasteiger partial charge in [-0.15, -0.1) is 11.3 Å². The molecule has 3 aromatic rings. The van der Waals surface area contributed by atoms with Gasteiger partial charge >= 0.3 is 0 Å². The van der Waals surface area contributed by atoms with Crippen molar-refractivity contribution in [2.75, 3.05) is 5.32 Å². The minimum absolute atomic E-state index is 0.282. The molecule has 5 nitrogen and oxygen atoms in total. The highest BCUT2D eigenvalue weighted by molar-refractivity contribution is 7.16. The number of anilines is 1. The highest BCUT2D eigenvalue weighted by atomic mass is 32.1. The first kappa shape index (κ1) is 16.0. The van der Waals surface area contributed by atoms with Gasteiger partial charge in [0.15, 0.2) is 0 Å². The first-order valence-electron chi connectivity index (χ1n) is 8.11. The number of aromatic nitrogens is 2. The first-order valence-corrected chi connectivity index (χ1v) is 8.93. The Morgan fingerprint density at radius 2 is 2.08 bits per heavy atom. The molecular weight excluding hydrogens is 341 g/mol. The van der Waals surface area contributed by atoms with Crippen molar-refractivity contribution in [2.24, 2.45) is 0 Å². The highest BCUT2D eigenvalue weighted by Gasteiger charge is 2.26. The number of nitrogens with one attached hydrogen (secondary N) is 1. The number of amides is 1. The molecule has 1 fully saturated rings. The Labute approximate surface area is 147 Å². The smallest absolute Gasteiger partial charge is 0.255 e. The SMILES string of the molecule is Cc1sc(-c2noc(C3CCC3)n2)cc1NC(=O)c1ccc(F)cc1. The van der Waals surface area contributed by atoms with Gasteiger partial charge in [-0.05, 0) is 50.1 Å². The van der Waals surface area contributed by atoms with Crippen molar-refractivity contribution in [3.8, 4) is 10.7 Å². The van der Waals surface area contributed by atoms with Crippen LogP contribution in [0.25, 0.3) is 10.7 Å². The van der Waals surface area contributed by atoms with Crippen LogP contribution in [0.3, 0.4) is 0 Å². The second-order valence-electron chi connectivity index (χ2n) is 6.13. The van der Waals surface area contributed by atoms with Gasteiger partial charge in [-0.2, -0.15) is 4.98 Å². The third-order valence-corrected chi connectivity index (χ3v) is 5.44. The number of hydrogen-bond acceptors (Lipinski definition) is 5. The van der Waals surface area contributed by atoms with Crippen LogP contribution in [-0.4, -0.2) is 16.0 Å². The summed E-state index contributed by atoms with van der Waals surface area (Å²) >= 11 is 1.50. The van der Waals surface area contributed by atoms with Crippen LogP contribution in [0.15, 0.2) is 34.9 Å². The summed E-state index contributed by atoms with van der Waals surface area (Å²) in [4.78, 5) is 18.6. The summed E-state index contributed by atoms with van der Waals surface area (Å²) < 4.78 is 18.3. The van der Waals surface area contributed by atoms with Crippen molar-refractivity contribution < 1.29 is 13.7 Å². The zero-order valence-corrected chi connectivity index (χ0v) is 14.4. The number of benzene rings is 1. The molecule has 1 aliphatic carbocycles. The molecule has 0 aliphatic heterocycles. The van der Waals surface area contributed by atoms with E-state index in [2.05, 4.69) is 15.5 Å². The topological polar surface area (TPSA) is 68.0 Å². The molecule has 7 heteroatoms. The monoisotopic (exact) mass is 357 g/mol. The molecule has 0 atom stereocenters. The quantitative estimate of drug-likeness (QED) is 0.730. The Morgan fingerprint density at radius 3 is 2.76 bits per heavy atom. The Bertz CT molecular complexity index is 913. The highest BCUT2D eigenvalue weighted by Crippen LogP contribution is 2.38. The molecule has 0 spiro atoms. The normalized spacial score (nSPS) is 14.3. The van der Waals surface area contributed by atoms with Crippen molar-refractivity contribution in [1.82, 2.24) is 10.1 Å². The average molecular weight is 357 g/mol. The van der Waals surface area contributed by atoms with Crippen LogP contribution in [-0.2, 0) is 0 Å². The molecule has 128 valence electrons. The van der Waals surface area contributed by atoms with Gasteiger partial charge in [-0.25, -0.2) is 4.39 Å². The lowest BCUT2D eigenvalue weighted by molar-refractivity contribution is 0.102. The van der Waals surface area contributed by atoms with E-state index in [0.29, 0.717) is 28.9 Å². The minimum Gasteiger partial charge on any atom is -0.339 e. The lowest BCUT2D eigenvalue weighted by Crippen LogP contribution is -2.11. The van der Waals surface area contributed by atoms with Gasteiger partial charge in [-0.3, -0.25) is 4.79 Å². The third kappa shape index (κ3) is 3.19. The van der Waals surface area contributed by atoms with E-state index < -0.39 is 0 Å². The minimum atomic E-state index is -0.370. The Kier molecular flexibility index (Phi) is 4.09. The maximum atomic E-state index is 13.0. The van der Waals surface area contributed by atoms with Crippen molar-refractivity contribution in [3.05, 3.63) is 52.5 Å². The Hall–Kier alpha value is -2.54. The van der Waals surface area contributed by atoms with Crippen LogP contribution in [0, 0.1) is 12.7 Å². The van der Waals surface area contributed by atoms with Crippen LogP contribution in [0.1, 0.15) is 46.3 Å². The van der Waals surface area contributed by atoms with Gasteiger partial charge in [0.2, 0.25) is 11.7 Å². The zero-order chi connectivity index (χ0) is 17.4. The van der Waals surface area contributed by atoms with Crippen molar-refractivity contribution in [2.45, 2.75) is 32.1 Å². The molecule has 2 heterocycles. The van der Waals surface area contributed by atoms with E-state index in [1.165, 1.54) is 42.0 Å². The molecule has 25 heavy (non-hydrogen) atoms. The van der Waals surface area contributed by atoms with Crippen molar-refractivity contribution in [1.29, 1.82) is 0 Å². The molecule has 2 aromatic heterocycles. The summed E-state index contributed by atoms with van der Waals surface area (Å²) in [5.41, 5.74) is 1.10. The molecule has 4 rings (SSSR count). The van der Waals surface area contributed by atoms with Gasteiger partial charge in [0.25, 0.3) is 5.91 Å². The molecule has 1 N–H and O–H groups in total. The second-order valence-corrected chi connectivity index (χ2v) is 7.38. The van der Waals surface area contributed by atoms with Crippen molar-refractivity contribution >= 4 is 22.9 Å². The largest absolute Gasteiger partial charge is 0.339 e. The number of thiophene rings is 1. The van der Waals surface area contributed by atoms with E-state index in [0.717, 1.165) is 22.6 Å². The van der Waals surface area contributed by atoms with E-state index >= 15 is 0 Å². The van der Waals surface area contributed by atoms with E-state index in [4.69, 9.17) is 4.52 Å². The molecule has 0 bridgehead atoms. The van der Waals surface area contributed by atoms with Crippen LogP contribution < -0.4 is 5.32 Å². The lowest BCUT2D eigenvalue weighted by atomic mass is 9.85. The lowest BCUT2D eigenvalue weighted by Gasteiger charge is -2.20. The van der Waals surface area contributed by atoms with Crippen LogP contribution >= 0.6 is 11.3 Å².